The van der Waals surface area contributed by atoms with Gasteiger partial charge in [-0.05, 0) is 19.8 Å². The fourth-order valence-electron chi connectivity index (χ4n) is 2.31. The third-order valence-electron chi connectivity index (χ3n) is 3.61. The minimum atomic E-state index is -0.237. The van der Waals surface area contributed by atoms with Crippen molar-refractivity contribution in [3.63, 3.8) is 0 Å². The predicted octanol–water partition coefficient (Wildman–Crippen LogP) is 3.52. The Morgan fingerprint density at radius 2 is 1.87 bits per heavy atom. The smallest absolute Gasteiger partial charge is 0.245 e. The van der Waals surface area contributed by atoms with E-state index in [2.05, 4.69) is 24.3 Å². The molecule has 0 aliphatic carbocycles. The van der Waals surface area contributed by atoms with Crippen molar-refractivity contribution < 1.29 is 14.1 Å². The summed E-state index contributed by atoms with van der Waals surface area (Å²) in [5, 5.41) is 6.40. The van der Waals surface area contributed by atoms with Gasteiger partial charge in [0.25, 0.3) is 0 Å². The van der Waals surface area contributed by atoms with Gasteiger partial charge in [0.2, 0.25) is 11.8 Å². The van der Waals surface area contributed by atoms with Crippen LogP contribution >= 0.6 is 0 Å². The maximum Gasteiger partial charge on any atom is 0.245 e. The average Bonchev–Trinajstić information content (AvgIpc) is 2.91. The topological polar surface area (TPSA) is 75.4 Å². The van der Waals surface area contributed by atoms with Crippen LogP contribution in [0.15, 0.2) is 10.6 Å². The van der Waals surface area contributed by atoms with Crippen LogP contribution in [0, 0.1) is 6.92 Å². The van der Waals surface area contributed by atoms with Crippen LogP contribution in [0.3, 0.4) is 0 Å². The molecule has 1 rings (SSSR count). The van der Waals surface area contributed by atoms with Crippen LogP contribution in [0.2, 0.25) is 0 Å². The molecule has 0 atom stereocenters. The fourth-order valence-corrected chi connectivity index (χ4v) is 2.31. The maximum atomic E-state index is 12.3. The normalized spacial score (nSPS) is 10.6. The molecule has 0 unspecified atom stereocenters. The summed E-state index contributed by atoms with van der Waals surface area (Å²) in [6, 6.07) is 1.66. The Labute approximate surface area is 138 Å². The first-order valence-corrected chi connectivity index (χ1v) is 8.57. The number of amides is 2. The Morgan fingerprint density at radius 1 is 1.17 bits per heavy atom. The van der Waals surface area contributed by atoms with Crippen LogP contribution in [-0.4, -0.2) is 35.0 Å². The summed E-state index contributed by atoms with van der Waals surface area (Å²) in [6.07, 6.45) is 6.57. The fraction of sp³-hybridized carbons (Fsp3) is 0.706. The number of hydrogen-bond acceptors (Lipinski definition) is 4. The van der Waals surface area contributed by atoms with Gasteiger partial charge in [-0.1, -0.05) is 44.7 Å². The van der Waals surface area contributed by atoms with Gasteiger partial charge >= 0.3 is 0 Å². The second-order valence-corrected chi connectivity index (χ2v) is 5.85. The van der Waals surface area contributed by atoms with Crippen LogP contribution in [0.1, 0.15) is 64.6 Å². The number of anilines is 1. The molecule has 0 saturated heterocycles. The van der Waals surface area contributed by atoms with Gasteiger partial charge in [-0.2, -0.15) is 0 Å². The SMILES string of the molecule is CCCCCC(=O)N(CCCCC)CC(=O)Nc1cc(C)on1. The molecule has 2 amide bonds. The van der Waals surface area contributed by atoms with Gasteiger partial charge < -0.3 is 14.7 Å². The van der Waals surface area contributed by atoms with Crippen molar-refractivity contribution >= 4 is 17.6 Å². The van der Waals surface area contributed by atoms with Crippen LogP contribution in [0.25, 0.3) is 0 Å². The molecule has 0 spiro atoms. The number of carbonyl (C=O) groups is 2. The Balaban J connectivity index is 2.52. The Bertz CT molecular complexity index is 485. The minimum absolute atomic E-state index is 0.0565. The van der Waals surface area contributed by atoms with Crippen molar-refractivity contribution in [3.05, 3.63) is 11.8 Å². The molecule has 1 N–H and O–H groups in total. The number of hydrogen-bond donors (Lipinski definition) is 1. The summed E-state index contributed by atoms with van der Waals surface area (Å²) in [4.78, 5) is 26.1. The molecule has 23 heavy (non-hydrogen) atoms. The van der Waals surface area contributed by atoms with Crippen molar-refractivity contribution in [3.8, 4) is 0 Å². The monoisotopic (exact) mass is 323 g/mol. The quantitative estimate of drug-likeness (QED) is 0.632. The third-order valence-corrected chi connectivity index (χ3v) is 3.61. The van der Waals surface area contributed by atoms with E-state index in [1.54, 1.807) is 17.9 Å². The number of unbranched alkanes of at least 4 members (excludes halogenated alkanes) is 4. The highest BCUT2D eigenvalue weighted by atomic mass is 16.5. The molecule has 0 aromatic carbocycles. The van der Waals surface area contributed by atoms with E-state index in [0.29, 0.717) is 24.5 Å². The van der Waals surface area contributed by atoms with E-state index in [4.69, 9.17) is 4.52 Å². The summed E-state index contributed by atoms with van der Waals surface area (Å²) in [7, 11) is 0. The first-order valence-electron chi connectivity index (χ1n) is 8.57. The van der Waals surface area contributed by atoms with E-state index in [0.717, 1.165) is 38.5 Å². The molecule has 1 heterocycles. The van der Waals surface area contributed by atoms with Crippen LogP contribution < -0.4 is 5.32 Å². The molecule has 130 valence electrons. The third kappa shape index (κ3) is 7.81. The van der Waals surface area contributed by atoms with Gasteiger partial charge in [-0.15, -0.1) is 0 Å². The lowest BCUT2D eigenvalue weighted by atomic mass is 10.1. The molecule has 0 aliphatic rings. The van der Waals surface area contributed by atoms with Crippen molar-refractivity contribution in [2.45, 2.75) is 65.7 Å². The lowest BCUT2D eigenvalue weighted by Crippen LogP contribution is -2.38. The van der Waals surface area contributed by atoms with Gasteiger partial charge in [-0.3, -0.25) is 9.59 Å². The van der Waals surface area contributed by atoms with Crippen molar-refractivity contribution in [1.82, 2.24) is 10.1 Å². The highest BCUT2D eigenvalue weighted by molar-refractivity contribution is 5.93. The van der Waals surface area contributed by atoms with Crippen LogP contribution in [0.4, 0.5) is 5.82 Å². The number of aryl methyl sites for hydroxylation is 1. The van der Waals surface area contributed by atoms with Crippen molar-refractivity contribution in [1.29, 1.82) is 0 Å². The van der Waals surface area contributed by atoms with E-state index < -0.39 is 0 Å². The van der Waals surface area contributed by atoms with Gasteiger partial charge in [-0.25, -0.2) is 0 Å². The molecule has 6 nitrogen and oxygen atoms in total. The lowest BCUT2D eigenvalue weighted by Gasteiger charge is -2.22. The second-order valence-electron chi connectivity index (χ2n) is 5.85. The van der Waals surface area contributed by atoms with Gasteiger partial charge in [0, 0.05) is 19.0 Å². The molecule has 0 bridgehead atoms. The zero-order valence-corrected chi connectivity index (χ0v) is 14.6. The molecule has 0 saturated carbocycles. The number of nitrogens with zero attached hydrogens (tertiary/aromatic N) is 2. The zero-order chi connectivity index (χ0) is 17.1. The van der Waals surface area contributed by atoms with E-state index >= 15 is 0 Å². The number of rotatable bonds is 11. The first kappa shape index (κ1) is 19.2. The molecular weight excluding hydrogens is 294 g/mol. The molecule has 0 fully saturated rings. The Hall–Kier alpha value is -1.85. The summed E-state index contributed by atoms with van der Waals surface area (Å²) in [5.41, 5.74) is 0. The number of aromatic nitrogens is 1. The van der Waals surface area contributed by atoms with Gasteiger partial charge in [0.1, 0.15) is 5.76 Å². The number of carbonyl (C=O) groups excluding carboxylic acids is 2. The van der Waals surface area contributed by atoms with Gasteiger partial charge in [0.15, 0.2) is 5.82 Å². The highest BCUT2D eigenvalue weighted by Crippen LogP contribution is 2.09. The predicted molar refractivity (Wildman–Crippen MR) is 90.1 cm³/mol. The van der Waals surface area contributed by atoms with Crippen molar-refractivity contribution in [2.24, 2.45) is 0 Å². The summed E-state index contributed by atoms with van der Waals surface area (Å²) in [5.74, 6) is 0.842. The second kappa shape index (κ2) is 10.8. The average molecular weight is 323 g/mol. The van der Waals surface area contributed by atoms with E-state index in [1.807, 2.05) is 0 Å². The first-order chi connectivity index (χ1) is 11.1. The molecule has 0 radical (unpaired) electrons. The molecule has 6 heteroatoms. The summed E-state index contributed by atoms with van der Waals surface area (Å²) < 4.78 is 4.92. The maximum absolute atomic E-state index is 12.3. The minimum Gasteiger partial charge on any atom is -0.360 e. The van der Waals surface area contributed by atoms with E-state index in [-0.39, 0.29) is 18.4 Å². The largest absolute Gasteiger partial charge is 0.360 e. The zero-order valence-electron chi connectivity index (χ0n) is 14.6. The standard InChI is InChI=1S/C17H29N3O3/c1-4-6-8-10-17(22)20(11-9-7-5-2)13-16(21)18-15-12-14(3)23-19-15/h12H,4-11,13H2,1-3H3,(H,18,19,21). The molecule has 1 aromatic heterocycles. The Morgan fingerprint density at radius 3 is 2.48 bits per heavy atom. The Kier molecular flexibility index (Phi) is 9.02. The molecular formula is C17H29N3O3. The highest BCUT2D eigenvalue weighted by Gasteiger charge is 2.17. The lowest BCUT2D eigenvalue weighted by molar-refractivity contribution is -0.134. The summed E-state index contributed by atoms with van der Waals surface area (Å²) in [6.45, 7) is 6.69. The van der Waals surface area contributed by atoms with Crippen molar-refractivity contribution in [2.75, 3.05) is 18.4 Å². The number of nitrogens with one attached hydrogen (secondary N) is 1. The van der Waals surface area contributed by atoms with Gasteiger partial charge in [0.05, 0.1) is 6.54 Å². The summed E-state index contributed by atoms with van der Waals surface area (Å²) >= 11 is 0. The molecule has 0 aliphatic heterocycles. The van der Waals surface area contributed by atoms with Crippen LogP contribution in [-0.2, 0) is 9.59 Å². The molecule has 1 aromatic rings. The van der Waals surface area contributed by atoms with E-state index in [9.17, 15) is 9.59 Å². The van der Waals surface area contributed by atoms with E-state index in [1.165, 1.54) is 0 Å². The van der Waals surface area contributed by atoms with Crippen LogP contribution in [0.5, 0.6) is 0 Å².